The molecule has 0 radical (unpaired) electrons. The highest BCUT2D eigenvalue weighted by atomic mass is 16.2. The summed E-state index contributed by atoms with van der Waals surface area (Å²) in [6.07, 6.45) is 5.80. The number of nitrogens with zero attached hydrogens (tertiary/aromatic N) is 4. The lowest BCUT2D eigenvalue weighted by Crippen LogP contribution is -2.52. The van der Waals surface area contributed by atoms with Gasteiger partial charge in [0.05, 0.1) is 6.67 Å². The molecule has 1 aromatic carbocycles. The molecule has 0 aromatic heterocycles. The van der Waals surface area contributed by atoms with Crippen LogP contribution in [-0.4, -0.2) is 82.9 Å². The van der Waals surface area contributed by atoms with Crippen molar-refractivity contribution in [3.63, 3.8) is 0 Å². The van der Waals surface area contributed by atoms with E-state index >= 15 is 0 Å². The second-order valence-corrected chi connectivity index (χ2v) is 10.1. The van der Waals surface area contributed by atoms with Gasteiger partial charge in [-0.05, 0) is 55.9 Å². The third-order valence-electron chi connectivity index (χ3n) is 8.27. The van der Waals surface area contributed by atoms with Gasteiger partial charge in [0, 0.05) is 38.8 Å². The minimum atomic E-state index is -0.656. The number of benzene rings is 1. The van der Waals surface area contributed by atoms with Crippen LogP contribution in [0.15, 0.2) is 30.3 Å². The molecule has 7 heteroatoms. The first kappa shape index (κ1) is 21.6. The van der Waals surface area contributed by atoms with Crippen molar-refractivity contribution in [3.05, 3.63) is 35.9 Å². The number of piperazine rings is 1. The summed E-state index contributed by atoms with van der Waals surface area (Å²) in [5.41, 5.74) is 1.34. The summed E-state index contributed by atoms with van der Waals surface area (Å²) in [6.45, 7) is 6.58. The average Bonchev–Trinajstić information content (AvgIpc) is 3.50. The lowest BCUT2D eigenvalue weighted by Gasteiger charge is -2.36. The van der Waals surface area contributed by atoms with E-state index in [1.165, 1.54) is 34.6 Å². The lowest BCUT2D eigenvalue weighted by atomic mass is 9.83. The van der Waals surface area contributed by atoms with Gasteiger partial charge < -0.3 is 4.90 Å². The fraction of sp³-hybridized carbons (Fsp3) is 0.640. The zero-order chi connectivity index (χ0) is 22.2. The second kappa shape index (κ2) is 8.94. The molecule has 4 aliphatic rings. The summed E-state index contributed by atoms with van der Waals surface area (Å²) in [5, 5.41) is 0. The molecule has 2 aliphatic heterocycles. The van der Waals surface area contributed by atoms with Gasteiger partial charge in [0.1, 0.15) is 0 Å². The molecule has 2 aliphatic carbocycles. The van der Waals surface area contributed by atoms with Crippen LogP contribution >= 0.6 is 0 Å². The van der Waals surface area contributed by atoms with Gasteiger partial charge in [-0.2, -0.15) is 0 Å². The Bertz CT molecular complexity index is 867. The van der Waals surface area contributed by atoms with Crippen LogP contribution in [0.2, 0.25) is 0 Å². The van der Waals surface area contributed by atoms with Crippen LogP contribution in [0, 0.1) is 17.8 Å². The molecule has 32 heavy (non-hydrogen) atoms. The van der Waals surface area contributed by atoms with E-state index in [4.69, 9.17) is 0 Å². The van der Waals surface area contributed by atoms with Gasteiger partial charge in [0.2, 0.25) is 0 Å². The Kier molecular flexibility index (Phi) is 6.03. The van der Waals surface area contributed by atoms with E-state index in [1.54, 1.807) is 0 Å². The molecule has 2 saturated heterocycles. The first-order valence-electron chi connectivity index (χ1n) is 12.2. The van der Waals surface area contributed by atoms with E-state index in [1.807, 2.05) is 13.0 Å². The number of fused-ring (bicyclic) bond motifs is 2. The fourth-order valence-electron chi connectivity index (χ4n) is 6.37. The largest absolute Gasteiger partial charge is 0.335 e. The Hall–Kier alpha value is -2.25. The van der Waals surface area contributed by atoms with Crippen LogP contribution in [0.3, 0.4) is 0 Å². The van der Waals surface area contributed by atoms with Gasteiger partial charge in [-0.15, -0.1) is 0 Å². The van der Waals surface area contributed by atoms with E-state index in [2.05, 4.69) is 34.1 Å². The summed E-state index contributed by atoms with van der Waals surface area (Å²) in [4.78, 5) is 45.5. The van der Waals surface area contributed by atoms with E-state index in [0.29, 0.717) is 11.8 Å². The summed E-state index contributed by atoms with van der Waals surface area (Å²) in [6, 6.07) is 9.88. The monoisotopic (exact) mass is 438 g/mol. The molecule has 7 nitrogen and oxygen atoms in total. The first-order chi connectivity index (χ1) is 15.5. The number of amides is 4. The molecular weight excluding hydrogens is 404 g/mol. The zero-order valence-electron chi connectivity index (χ0n) is 19.0. The molecule has 1 aromatic rings. The quantitative estimate of drug-likeness (QED) is 0.483. The van der Waals surface area contributed by atoms with E-state index in [-0.39, 0.29) is 12.7 Å². The van der Waals surface area contributed by atoms with Gasteiger partial charge >= 0.3 is 17.8 Å². The molecule has 5 rings (SSSR count). The topological polar surface area (TPSA) is 64.2 Å². The molecule has 2 heterocycles. The Balaban J connectivity index is 1.13. The van der Waals surface area contributed by atoms with Gasteiger partial charge in [-0.1, -0.05) is 36.8 Å². The lowest BCUT2D eigenvalue weighted by molar-refractivity contribution is -0.145. The molecular formula is C25H34N4O3. The predicted octanol–water partition coefficient (Wildman–Crippen LogP) is 2.42. The minimum Gasteiger partial charge on any atom is -0.300 e. The van der Waals surface area contributed by atoms with Crippen LogP contribution in [0.5, 0.6) is 0 Å². The summed E-state index contributed by atoms with van der Waals surface area (Å²) >= 11 is 0. The smallest absolute Gasteiger partial charge is 0.300 e. The molecule has 0 N–H and O–H groups in total. The third kappa shape index (κ3) is 4.08. The normalized spacial score (nSPS) is 30.0. The minimum absolute atomic E-state index is 0.186. The maximum absolute atomic E-state index is 13.1. The number of imide groups is 2. The molecule has 2 saturated carbocycles. The van der Waals surface area contributed by atoms with E-state index < -0.39 is 17.8 Å². The number of carbonyl (C=O) groups excluding carboxylic acids is 3. The Morgan fingerprint density at radius 2 is 1.62 bits per heavy atom. The van der Waals surface area contributed by atoms with Gasteiger partial charge in [-0.3, -0.25) is 19.4 Å². The highest BCUT2D eigenvalue weighted by Gasteiger charge is 2.52. The Morgan fingerprint density at radius 3 is 2.28 bits per heavy atom. The summed E-state index contributed by atoms with van der Waals surface area (Å²) in [7, 11) is 0. The fourth-order valence-corrected chi connectivity index (χ4v) is 6.37. The van der Waals surface area contributed by atoms with E-state index in [9.17, 15) is 14.4 Å². The van der Waals surface area contributed by atoms with Gasteiger partial charge in [0.25, 0.3) is 0 Å². The van der Waals surface area contributed by atoms with Crippen LogP contribution < -0.4 is 0 Å². The van der Waals surface area contributed by atoms with Crippen LogP contribution in [0.4, 0.5) is 4.79 Å². The van der Waals surface area contributed by atoms with Crippen molar-refractivity contribution in [1.29, 1.82) is 0 Å². The van der Waals surface area contributed by atoms with Gasteiger partial charge in [-0.25, -0.2) is 9.69 Å². The maximum atomic E-state index is 13.1. The van der Waals surface area contributed by atoms with Crippen molar-refractivity contribution in [3.8, 4) is 0 Å². The summed E-state index contributed by atoms with van der Waals surface area (Å²) < 4.78 is 0. The van der Waals surface area contributed by atoms with Crippen LogP contribution in [0.1, 0.15) is 38.2 Å². The second-order valence-electron chi connectivity index (χ2n) is 10.1. The van der Waals surface area contributed by atoms with Crippen molar-refractivity contribution < 1.29 is 14.4 Å². The third-order valence-corrected chi connectivity index (χ3v) is 8.27. The van der Waals surface area contributed by atoms with Crippen molar-refractivity contribution in [2.45, 2.75) is 45.1 Å². The van der Waals surface area contributed by atoms with Crippen molar-refractivity contribution in [2.75, 3.05) is 39.4 Å². The zero-order valence-corrected chi connectivity index (χ0v) is 19.0. The maximum Gasteiger partial charge on any atom is 0.335 e. The number of urea groups is 1. The molecule has 2 bridgehead atoms. The molecule has 0 unspecified atom stereocenters. The predicted molar refractivity (Wildman–Crippen MR) is 121 cm³/mol. The van der Waals surface area contributed by atoms with Crippen molar-refractivity contribution >= 4 is 17.8 Å². The highest BCUT2D eigenvalue weighted by molar-refractivity contribution is 6.44. The number of hydrogen-bond donors (Lipinski definition) is 0. The molecule has 0 spiro atoms. The Labute approximate surface area is 190 Å². The van der Waals surface area contributed by atoms with E-state index in [0.717, 1.165) is 51.5 Å². The van der Waals surface area contributed by atoms with Gasteiger partial charge in [0.15, 0.2) is 0 Å². The van der Waals surface area contributed by atoms with Crippen molar-refractivity contribution in [1.82, 2.24) is 19.6 Å². The molecule has 4 fully saturated rings. The Morgan fingerprint density at radius 1 is 0.906 bits per heavy atom. The number of carbonyl (C=O) groups is 3. The number of rotatable bonds is 7. The van der Waals surface area contributed by atoms with Crippen LogP contribution in [-0.2, 0) is 16.0 Å². The summed E-state index contributed by atoms with van der Waals surface area (Å²) in [5.74, 6) is 0.403. The first-order valence-corrected chi connectivity index (χ1v) is 12.2. The average molecular weight is 439 g/mol. The van der Waals surface area contributed by atoms with Crippen LogP contribution in [0.25, 0.3) is 0 Å². The SMILES string of the molecule is C[C@H]([C@@H]1C[C@H]2CC[C@H]1C2)N1C(=O)C(=O)N(CN2CCN(CCc3ccccc3)CC2)C1=O. The standard InChI is InChI=1S/C25H34N4O3/c1-18(22-16-20-7-8-21(22)15-20)29-24(31)23(30)28(25(29)32)17-27-13-11-26(12-14-27)10-9-19-5-3-2-4-6-19/h2-6,18,20-22H,7-17H2,1H3/t18-,20+,21+,22+/m1/s1. The number of hydrogen-bond acceptors (Lipinski definition) is 5. The molecule has 4 amide bonds. The highest BCUT2D eigenvalue weighted by Crippen LogP contribution is 2.50. The molecule has 172 valence electrons. The van der Waals surface area contributed by atoms with Crippen molar-refractivity contribution in [2.24, 2.45) is 17.8 Å². The molecule has 4 atom stereocenters.